The first-order valence-electron chi connectivity index (χ1n) is 10.7. The van der Waals surface area contributed by atoms with Gasteiger partial charge in [-0.15, -0.1) is 11.3 Å². The summed E-state index contributed by atoms with van der Waals surface area (Å²) in [6.07, 6.45) is 1.17. The van der Waals surface area contributed by atoms with Gasteiger partial charge in [-0.2, -0.15) is 0 Å². The Bertz CT molecular complexity index is 1340. The summed E-state index contributed by atoms with van der Waals surface area (Å²) in [6.45, 7) is 3.49. The second kappa shape index (κ2) is 9.53. The van der Waals surface area contributed by atoms with Crippen molar-refractivity contribution in [1.82, 2.24) is 4.98 Å². The molecule has 1 aliphatic rings. The molecule has 1 aromatic heterocycles. The largest absolute Gasteiger partial charge is 0.479 e. The van der Waals surface area contributed by atoms with Crippen LogP contribution in [0.25, 0.3) is 11.3 Å². The van der Waals surface area contributed by atoms with Crippen LogP contribution in [0, 0.1) is 0 Å². The van der Waals surface area contributed by atoms with Crippen LogP contribution in [0.4, 0.5) is 11.4 Å². The van der Waals surface area contributed by atoms with E-state index >= 15 is 0 Å². The van der Waals surface area contributed by atoms with E-state index in [-0.39, 0.29) is 17.3 Å². The third-order valence-electron chi connectivity index (χ3n) is 5.25. The van der Waals surface area contributed by atoms with Gasteiger partial charge in [0, 0.05) is 16.6 Å². The van der Waals surface area contributed by atoms with E-state index in [0.717, 1.165) is 29.1 Å². The van der Waals surface area contributed by atoms with Gasteiger partial charge in [0.15, 0.2) is 6.10 Å². The number of fused-ring (bicyclic) bond motifs is 1. The van der Waals surface area contributed by atoms with Crippen molar-refractivity contribution in [2.24, 2.45) is 5.14 Å². The number of carbonyl (C=O) groups excluding carboxylic acids is 2. The maximum absolute atomic E-state index is 12.9. The van der Waals surface area contributed by atoms with Crippen LogP contribution < -0.4 is 20.1 Å². The zero-order valence-electron chi connectivity index (χ0n) is 18.6. The molecule has 11 heteroatoms. The fourth-order valence-electron chi connectivity index (χ4n) is 3.57. The molecule has 0 aliphatic carbocycles. The lowest BCUT2D eigenvalue weighted by atomic mass is 10.1. The molecule has 34 heavy (non-hydrogen) atoms. The maximum Gasteiger partial charge on any atom is 0.268 e. The molecule has 0 spiro atoms. The Hall–Kier alpha value is -3.28. The summed E-state index contributed by atoms with van der Waals surface area (Å²) in [5.41, 5.74) is 2.50. The molecule has 4 rings (SSSR count). The van der Waals surface area contributed by atoms with Crippen molar-refractivity contribution in [2.45, 2.75) is 37.7 Å². The molecule has 0 saturated carbocycles. The predicted octanol–water partition coefficient (Wildman–Crippen LogP) is 3.16. The van der Waals surface area contributed by atoms with Gasteiger partial charge < -0.3 is 10.1 Å². The zero-order valence-corrected chi connectivity index (χ0v) is 20.3. The topological polar surface area (TPSA) is 132 Å². The number of hydrogen-bond acceptors (Lipinski definition) is 7. The number of aryl methyl sites for hydroxylation is 1. The van der Waals surface area contributed by atoms with Crippen LogP contribution in [0.2, 0.25) is 0 Å². The minimum Gasteiger partial charge on any atom is -0.479 e. The first-order valence-corrected chi connectivity index (χ1v) is 13.1. The number of carbonyl (C=O) groups is 2. The van der Waals surface area contributed by atoms with Gasteiger partial charge in [0.1, 0.15) is 12.3 Å². The van der Waals surface area contributed by atoms with Gasteiger partial charge in [-0.1, -0.05) is 6.92 Å². The number of hydrogen-bond donors (Lipinski definition) is 2. The lowest BCUT2D eigenvalue weighted by Crippen LogP contribution is -2.47. The van der Waals surface area contributed by atoms with Gasteiger partial charge in [0.2, 0.25) is 15.9 Å². The molecule has 0 saturated heterocycles. The van der Waals surface area contributed by atoms with Gasteiger partial charge in [0.05, 0.1) is 21.3 Å². The Labute approximate surface area is 201 Å². The van der Waals surface area contributed by atoms with Crippen molar-refractivity contribution in [3.8, 4) is 17.0 Å². The highest BCUT2D eigenvalue weighted by Gasteiger charge is 2.33. The Morgan fingerprint density at radius 3 is 2.65 bits per heavy atom. The summed E-state index contributed by atoms with van der Waals surface area (Å²) >= 11 is 1.59. The number of thiazole rings is 1. The second-order valence-corrected chi connectivity index (χ2v) is 10.4. The van der Waals surface area contributed by atoms with E-state index in [1.165, 1.54) is 29.2 Å². The predicted molar refractivity (Wildman–Crippen MR) is 130 cm³/mol. The highest BCUT2D eigenvalue weighted by molar-refractivity contribution is 7.89. The highest BCUT2D eigenvalue weighted by atomic mass is 32.2. The van der Waals surface area contributed by atoms with E-state index in [2.05, 4.69) is 17.2 Å². The first-order chi connectivity index (χ1) is 16.2. The van der Waals surface area contributed by atoms with Gasteiger partial charge in [0.25, 0.3) is 5.91 Å². The van der Waals surface area contributed by atoms with Crippen molar-refractivity contribution >= 4 is 44.5 Å². The molecular formula is C23H24N4O5S2. The van der Waals surface area contributed by atoms with Crippen molar-refractivity contribution in [2.75, 3.05) is 16.8 Å². The summed E-state index contributed by atoms with van der Waals surface area (Å²) in [5.74, 6) is -0.277. The van der Waals surface area contributed by atoms with Crippen LogP contribution >= 0.6 is 11.3 Å². The number of aromatic nitrogens is 1. The minimum absolute atomic E-state index is 0.0618. The van der Waals surface area contributed by atoms with Crippen molar-refractivity contribution < 1.29 is 22.7 Å². The fraction of sp³-hybridized carbons (Fsp3) is 0.261. The summed E-state index contributed by atoms with van der Waals surface area (Å²) in [5, 5.41) is 10.8. The van der Waals surface area contributed by atoms with E-state index in [9.17, 15) is 18.0 Å². The van der Waals surface area contributed by atoms with Crippen LogP contribution in [0.15, 0.2) is 52.7 Å². The van der Waals surface area contributed by atoms with E-state index < -0.39 is 22.0 Å². The van der Waals surface area contributed by atoms with Gasteiger partial charge in [-0.05, 0) is 62.2 Å². The third-order valence-corrected chi connectivity index (χ3v) is 7.08. The molecule has 2 amide bonds. The number of primary sulfonamides is 1. The Kier molecular flexibility index (Phi) is 6.69. The van der Waals surface area contributed by atoms with Gasteiger partial charge in [-0.25, -0.2) is 18.5 Å². The second-order valence-electron chi connectivity index (χ2n) is 7.86. The molecule has 2 aromatic carbocycles. The number of benzene rings is 2. The molecular weight excluding hydrogens is 476 g/mol. The summed E-state index contributed by atoms with van der Waals surface area (Å²) in [6, 6.07) is 10.9. The molecule has 1 aliphatic heterocycles. The van der Waals surface area contributed by atoms with E-state index in [0.29, 0.717) is 17.1 Å². The number of sulfonamides is 1. The van der Waals surface area contributed by atoms with Gasteiger partial charge in [-0.3, -0.25) is 14.5 Å². The van der Waals surface area contributed by atoms with Crippen molar-refractivity contribution in [3.05, 3.63) is 52.9 Å². The van der Waals surface area contributed by atoms with Crippen molar-refractivity contribution in [3.63, 3.8) is 0 Å². The molecule has 2 heterocycles. The minimum atomic E-state index is -3.83. The normalized spacial score (nSPS) is 15.6. The summed E-state index contributed by atoms with van der Waals surface area (Å²) in [4.78, 5) is 31.6. The smallest absolute Gasteiger partial charge is 0.268 e. The van der Waals surface area contributed by atoms with Crippen LogP contribution in [0.5, 0.6) is 5.75 Å². The molecule has 1 atom stereocenters. The number of anilines is 2. The maximum atomic E-state index is 12.9. The summed E-state index contributed by atoms with van der Waals surface area (Å²) < 4.78 is 28.6. The van der Waals surface area contributed by atoms with E-state index in [1.54, 1.807) is 30.4 Å². The Balaban J connectivity index is 1.56. The molecule has 178 valence electrons. The monoisotopic (exact) mass is 500 g/mol. The number of amides is 2. The number of nitrogens with one attached hydrogen (secondary N) is 1. The average molecular weight is 501 g/mol. The van der Waals surface area contributed by atoms with Gasteiger partial charge >= 0.3 is 0 Å². The zero-order chi connectivity index (χ0) is 24.5. The molecule has 0 fully saturated rings. The average Bonchev–Trinajstić information content (AvgIpc) is 3.25. The van der Waals surface area contributed by atoms with Crippen LogP contribution in [0.1, 0.15) is 25.3 Å². The van der Waals surface area contributed by atoms with Crippen LogP contribution in [-0.4, -0.2) is 37.9 Å². The lowest BCUT2D eigenvalue weighted by Gasteiger charge is -2.32. The number of nitrogens with zero attached hydrogens (tertiary/aromatic N) is 2. The Morgan fingerprint density at radius 1 is 1.24 bits per heavy atom. The van der Waals surface area contributed by atoms with E-state index in [1.807, 2.05) is 11.4 Å². The molecule has 3 aromatic rings. The SMILES string of the molecule is CCCc1nc(-c2ccc3c(c2)N(CC(=O)Nc2ccc(S(N)(=O)=O)cc2)C(=O)C(C)O3)cs1. The quantitative estimate of drug-likeness (QED) is 0.512. The number of ether oxygens (including phenoxy) is 1. The first kappa shape index (κ1) is 23.9. The van der Waals surface area contributed by atoms with E-state index in [4.69, 9.17) is 9.88 Å². The molecule has 3 N–H and O–H groups in total. The molecule has 0 radical (unpaired) electrons. The molecule has 1 unspecified atom stereocenters. The lowest BCUT2D eigenvalue weighted by molar-refractivity contribution is -0.127. The Morgan fingerprint density at radius 2 is 1.97 bits per heavy atom. The highest BCUT2D eigenvalue weighted by Crippen LogP contribution is 2.37. The molecule has 9 nitrogen and oxygen atoms in total. The number of nitrogens with two attached hydrogens (primary N) is 1. The standard InChI is InChI=1S/C23H24N4O5S2/c1-3-4-22-26-18(13-33-22)15-5-10-20-19(11-15)27(23(29)14(2)32-20)12-21(28)25-16-6-8-17(9-7-16)34(24,30)31/h5-11,13-14H,3-4,12H2,1-2H3,(H,25,28)(H2,24,30,31). The fourth-order valence-corrected chi connectivity index (χ4v) is 5.00. The number of rotatable bonds is 7. The third kappa shape index (κ3) is 5.11. The van der Waals surface area contributed by atoms with Crippen LogP contribution in [-0.2, 0) is 26.0 Å². The summed E-state index contributed by atoms with van der Waals surface area (Å²) in [7, 11) is -3.83. The van der Waals surface area contributed by atoms with Crippen LogP contribution in [0.3, 0.4) is 0 Å². The molecule has 0 bridgehead atoms. The van der Waals surface area contributed by atoms with Crippen molar-refractivity contribution in [1.29, 1.82) is 0 Å².